The largest absolute Gasteiger partial charge is 0.476 e. The topological polar surface area (TPSA) is 85.5 Å². The number of nitrogens with zero attached hydrogens (tertiary/aromatic N) is 3. The lowest BCUT2D eigenvalue weighted by atomic mass is 10.2. The summed E-state index contributed by atoms with van der Waals surface area (Å²) >= 11 is 11.9. The van der Waals surface area contributed by atoms with E-state index < -0.39 is 16.1 Å². The second kappa shape index (κ2) is 6.70. The van der Waals surface area contributed by atoms with E-state index in [9.17, 15) is 8.42 Å². The van der Waals surface area contributed by atoms with Gasteiger partial charge in [0, 0.05) is 15.6 Å². The van der Waals surface area contributed by atoms with E-state index in [1.54, 1.807) is 42.5 Å². The van der Waals surface area contributed by atoms with Crippen LogP contribution in [0.15, 0.2) is 46.9 Å². The summed E-state index contributed by atoms with van der Waals surface area (Å²) in [6.07, 6.45) is 0.370. The number of benzene rings is 2. The van der Waals surface area contributed by atoms with E-state index in [1.807, 2.05) is 0 Å². The van der Waals surface area contributed by atoms with Crippen LogP contribution >= 0.6 is 23.2 Å². The Labute approximate surface area is 165 Å². The minimum Gasteiger partial charge on any atom is -0.476 e. The molecule has 10 heteroatoms. The molecule has 0 saturated heterocycles. The Morgan fingerprint density at radius 1 is 1.07 bits per heavy atom. The van der Waals surface area contributed by atoms with E-state index in [1.165, 1.54) is 4.31 Å². The third-order valence-electron chi connectivity index (χ3n) is 4.00. The summed E-state index contributed by atoms with van der Waals surface area (Å²) in [6.45, 7) is -0.00553. The molecular formula is C17H13Cl2N3O4S. The van der Waals surface area contributed by atoms with Crippen molar-refractivity contribution in [1.82, 2.24) is 10.2 Å². The van der Waals surface area contributed by atoms with Crippen molar-refractivity contribution in [3.05, 3.63) is 58.4 Å². The van der Waals surface area contributed by atoms with Gasteiger partial charge in [-0.3, -0.25) is 4.31 Å². The van der Waals surface area contributed by atoms with Gasteiger partial charge in [0.2, 0.25) is 15.9 Å². The molecule has 0 radical (unpaired) electrons. The van der Waals surface area contributed by atoms with Crippen LogP contribution in [0.5, 0.6) is 5.75 Å². The van der Waals surface area contributed by atoms with Crippen LogP contribution < -0.4 is 9.04 Å². The van der Waals surface area contributed by atoms with Crippen LogP contribution in [-0.2, 0) is 10.0 Å². The van der Waals surface area contributed by atoms with Crippen molar-refractivity contribution < 1.29 is 17.6 Å². The van der Waals surface area contributed by atoms with Gasteiger partial charge >= 0.3 is 0 Å². The predicted molar refractivity (Wildman–Crippen MR) is 102 cm³/mol. The van der Waals surface area contributed by atoms with E-state index in [2.05, 4.69) is 10.2 Å². The van der Waals surface area contributed by atoms with Crippen molar-refractivity contribution in [2.24, 2.45) is 0 Å². The van der Waals surface area contributed by atoms with Crippen LogP contribution in [-0.4, -0.2) is 31.4 Å². The quantitative estimate of drug-likeness (QED) is 0.631. The van der Waals surface area contributed by atoms with E-state index in [-0.39, 0.29) is 18.3 Å². The molecule has 0 N–H and O–H groups in total. The van der Waals surface area contributed by atoms with Gasteiger partial charge in [-0.05, 0) is 42.5 Å². The number of fused-ring (bicyclic) bond motifs is 1. The molecular weight excluding hydrogens is 413 g/mol. The summed E-state index contributed by atoms with van der Waals surface area (Å²) in [7, 11) is -3.56. The predicted octanol–water partition coefficient (Wildman–Crippen LogP) is 3.94. The summed E-state index contributed by atoms with van der Waals surface area (Å²) in [5.74, 6) is 0.833. The lowest BCUT2D eigenvalue weighted by Crippen LogP contribution is -2.39. The van der Waals surface area contributed by atoms with Crippen molar-refractivity contribution in [3.8, 4) is 17.2 Å². The lowest BCUT2D eigenvalue weighted by Gasteiger charge is -2.33. The van der Waals surface area contributed by atoms with E-state index in [0.717, 1.165) is 6.26 Å². The maximum Gasteiger partial charge on any atom is 0.259 e. The molecule has 3 aromatic rings. The summed E-state index contributed by atoms with van der Waals surface area (Å²) < 4.78 is 37.3. The van der Waals surface area contributed by atoms with Gasteiger partial charge in [0.1, 0.15) is 5.75 Å². The highest BCUT2D eigenvalue weighted by atomic mass is 35.5. The summed E-state index contributed by atoms with van der Waals surface area (Å²) in [5.41, 5.74) is 1.07. The second-order valence-electron chi connectivity index (χ2n) is 5.96. The van der Waals surface area contributed by atoms with Crippen LogP contribution in [0.25, 0.3) is 11.5 Å². The highest BCUT2D eigenvalue weighted by Gasteiger charge is 2.35. The number of halogens is 2. The summed E-state index contributed by atoms with van der Waals surface area (Å²) in [5, 5.41) is 9.04. The smallest absolute Gasteiger partial charge is 0.259 e. The number of rotatable bonds is 3. The zero-order chi connectivity index (χ0) is 19.2. The van der Waals surface area contributed by atoms with Crippen LogP contribution in [0.2, 0.25) is 10.0 Å². The van der Waals surface area contributed by atoms with E-state index >= 15 is 0 Å². The molecule has 1 aromatic heterocycles. The fourth-order valence-corrected chi connectivity index (χ4v) is 3.94. The van der Waals surface area contributed by atoms with Gasteiger partial charge < -0.3 is 9.15 Å². The van der Waals surface area contributed by atoms with Crippen molar-refractivity contribution in [2.75, 3.05) is 17.1 Å². The molecule has 0 spiro atoms. The summed E-state index contributed by atoms with van der Waals surface area (Å²) in [6, 6.07) is 11.7. The Bertz CT molecular complexity index is 1100. The Hall–Kier alpha value is -2.29. The first kappa shape index (κ1) is 18.1. The van der Waals surface area contributed by atoms with Gasteiger partial charge in [0.15, 0.2) is 6.10 Å². The van der Waals surface area contributed by atoms with Crippen LogP contribution in [0.4, 0.5) is 5.69 Å². The molecule has 0 saturated carbocycles. The van der Waals surface area contributed by atoms with Crippen LogP contribution in [0.3, 0.4) is 0 Å². The van der Waals surface area contributed by atoms with Gasteiger partial charge in [0.25, 0.3) is 5.89 Å². The van der Waals surface area contributed by atoms with Crippen LogP contribution in [0, 0.1) is 0 Å². The average Bonchev–Trinajstić information content (AvgIpc) is 3.10. The minimum absolute atomic E-state index is 0.00553. The summed E-state index contributed by atoms with van der Waals surface area (Å²) in [4.78, 5) is 0. The van der Waals surface area contributed by atoms with Gasteiger partial charge in [0.05, 0.1) is 18.5 Å². The maximum absolute atomic E-state index is 12.2. The van der Waals surface area contributed by atoms with Gasteiger partial charge in [-0.15, -0.1) is 10.2 Å². The molecule has 4 rings (SSSR count). The fraction of sp³-hybridized carbons (Fsp3) is 0.176. The van der Waals surface area contributed by atoms with E-state index in [0.29, 0.717) is 27.0 Å². The highest BCUT2D eigenvalue weighted by molar-refractivity contribution is 7.92. The third kappa shape index (κ3) is 3.60. The molecule has 0 amide bonds. The monoisotopic (exact) mass is 425 g/mol. The second-order valence-corrected chi connectivity index (χ2v) is 8.74. The number of ether oxygens (including phenoxy) is 1. The van der Waals surface area contributed by atoms with Gasteiger partial charge in [-0.25, -0.2) is 8.42 Å². The first-order chi connectivity index (χ1) is 12.8. The molecule has 1 atom stereocenters. The third-order valence-corrected chi connectivity index (χ3v) is 5.63. The molecule has 0 bridgehead atoms. The number of anilines is 1. The van der Waals surface area contributed by atoms with Gasteiger partial charge in [-0.1, -0.05) is 23.2 Å². The Kier molecular flexibility index (Phi) is 4.49. The molecule has 0 fully saturated rings. The average molecular weight is 426 g/mol. The molecule has 0 aliphatic carbocycles. The number of sulfonamides is 1. The first-order valence-corrected chi connectivity index (χ1v) is 10.4. The maximum atomic E-state index is 12.2. The lowest BCUT2D eigenvalue weighted by molar-refractivity contribution is 0.170. The Morgan fingerprint density at radius 2 is 1.78 bits per heavy atom. The normalized spacial score (nSPS) is 16.7. The fourth-order valence-electron chi connectivity index (χ4n) is 2.74. The number of hydrogen-bond acceptors (Lipinski definition) is 6. The number of hydrogen-bond donors (Lipinski definition) is 0. The Balaban J connectivity index is 1.69. The molecule has 2 heterocycles. The first-order valence-electron chi connectivity index (χ1n) is 7.84. The molecule has 7 nitrogen and oxygen atoms in total. The molecule has 27 heavy (non-hydrogen) atoms. The zero-order valence-corrected chi connectivity index (χ0v) is 16.3. The molecule has 140 valence electrons. The zero-order valence-electron chi connectivity index (χ0n) is 14.0. The van der Waals surface area contributed by atoms with E-state index in [4.69, 9.17) is 32.4 Å². The highest BCUT2D eigenvalue weighted by Crippen LogP contribution is 2.40. The SMILES string of the molecule is CS(=O)(=O)N1CC(c2nnc(-c3ccc(Cl)cc3)o2)Oc2ccc(Cl)cc21. The van der Waals surface area contributed by atoms with Crippen molar-refractivity contribution in [1.29, 1.82) is 0 Å². The molecule has 1 unspecified atom stereocenters. The van der Waals surface area contributed by atoms with Crippen molar-refractivity contribution in [2.45, 2.75) is 6.10 Å². The number of aromatic nitrogens is 2. The Morgan fingerprint density at radius 3 is 2.48 bits per heavy atom. The minimum atomic E-state index is -3.56. The molecule has 1 aliphatic rings. The van der Waals surface area contributed by atoms with Crippen molar-refractivity contribution in [3.63, 3.8) is 0 Å². The molecule has 2 aromatic carbocycles. The van der Waals surface area contributed by atoms with Gasteiger partial charge in [-0.2, -0.15) is 0 Å². The molecule has 1 aliphatic heterocycles. The van der Waals surface area contributed by atoms with Crippen LogP contribution in [0.1, 0.15) is 12.0 Å². The van der Waals surface area contributed by atoms with Crippen molar-refractivity contribution >= 4 is 38.9 Å². The standard InChI is InChI=1S/C17H13Cl2N3O4S/c1-27(23,24)22-9-15(25-14-7-6-12(19)8-13(14)22)17-21-20-16(26-17)10-2-4-11(18)5-3-10/h2-8,15H,9H2,1H3.